The van der Waals surface area contributed by atoms with E-state index in [1.165, 1.54) is 0 Å². The molecule has 3 N–H and O–H groups in total. The van der Waals surface area contributed by atoms with Gasteiger partial charge in [0.1, 0.15) is 5.82 Å². The molecule has 0 saturated heterocycles. The van der Waals surface area contributed by atoms with Crippen LogP contribution in [0.15, 0.2) is 12.1 Å². The number of anilines is 1. The van der Waals surface area contributed by atoms with Crippen LogP contribution in [0.1, 0.15) is 37.8 Å². The van der Waals surface area contributed by atoms with Crippen LogP contribution in [-0.4, -0.2) is 18.0 Å². The molecule has 1 aromatic rings. The molecule has 1 aliphatic rings. The summed E-state index contributed by atoms with van der Waals surface area (Å²) in [6.07, 6.45) is 2.89. The van der Waals surface area contributed by atoms with Crippen LogP contribution in [0.25, 0.3) is 0 Å². The van der Waals surface area contributed by atoms with E-state index in [2.05, 4.69) is 10.3 Å². The SMILES string of the molecule is COc1cc(C(C)N)cc(NC(=O)CC2CC2)n1.Cl. The van der Waals surface area contributed by atoms with Crippen molar-refractivity contribution >= 4 is 24.1 Å². The number of rotatable bonds is 5. The van der Waals surface area contributed by atoms with Crippen molar-refractivity contribution < 1.29 is 9.53 Å². The zero-order chi connectivity index (χ0) is 13.1. The first-order valence-electron chi connectivity index (χ1n) is 6.20. The van der Waals surface area contributed by atoms with E-state index in [0.29, 0.717) is 24.0 Å². The molecular formula is C13H20ClN3O2. The largest absolute Gasteiger partial charge is 0.481 e. The van der Waals surface area contributed by atoms with Crippen molar-refractivity contribution in [3.8, 4) is 5.88 Å². The Morgan fingerprint density at radius 2 is 2.26 bits per heavy atom. The van der Waals surface area contributed by atoms with Crippen molar-refractivity contribution in [1.29, 1.82) is 0 Å². The van der Waals surface area contributed by atoms with Crippen molar-refractivity contribution in [2.24, 2.45) is 11.7 Å². The van der Waals surface area contributed by atoms with Crippen LogP contribution in [0.4, 0.5) is 5.82 Å². The summed E-state index contributed by atoms with van der Waals surface area (Å²) in [7, 11) is 1.54. The Hall–Kier alpha value is -1.33. The van der Waals surface area contributed by atoms with E-state index in [0.717, 1.165) is 18.4 Å². The Morgan fingerprint density at radius 1 is 1.58 bits per heavy atom. The van der Waals surface area contributed by atoms with Gasteiger partial charge in [-0.25, -0.2) is 0 Å². The lowest BCUT2D eigenvalue weighted by molar-refractivity contribution is -0.116. The van der Waals surface area contributed by atoms with Crippen molar-refractivity contribution in [3.05, 3.63) is 17.7 Å². The van der Waals surface area contributed by atoms with Gasteiger partial charge < -0.3 is 15.8 Å². The summed E-state index contributed by atoms with van der Waals surface area (Å²) in [6.45, 7) is 1.88. The first-order valence-corrected chi connectivity index (χ1v) is 6.20. The molecule has 2 rings (SSSR count). The fourth-order valence-corrected chi connectivity index (χ4v) is 1.73. The second-order valence-corrected chi connectivity index (χ2v) is 4.81. The van der Waals surface area contributed by atoms with E-state index in [4.69, 9.17) is 10.5 Å². The number of carbonyl (C=O) groups is 1. The van der Waals surface area contributed by atoms with E-state index < -0.39 is 0 Å². The maximum atomic E-state index is 11.7. The molecule has 0 spiro atoms. The molecule has 1 aliphatic carbocycles. The summed E-state index contributed by atoms with van der Waals surface area (Å²) in [5.41, 5.74) is 6.72. The number of nitrogens with zero attached hydrogens (tertiary/aromatic N) is 1. The van der Waals surface area contributed by atoms with Gasteiger partial charge in [0.25, 0.3) is 0 Å². The number of amides is 1. The third kappa shape index (κ3) is 4.69. The zero-order valence-corrected chi connectivity index (χ0v) is 12.0. The van der Waals surface area contributed by atoms with Crippen LogP contribution in [0.3, 0.4) is 0 Å². The van der Waals surface area contributed by atoms with Gasteiger partial charge >= 0.3 is 0 Å². The molecule has 6 heteroatoms. The molecule has 1 fully saturated rings. The highest BCUT2D eigenvalue weighted by atomic mass is 35.5. The van der Waals surface area contributed by atoms with Crippen molar-refractivity contribution in [2.75, 3.05) is 12.4 Å². The smallest absolute Gasteiger partial charge is 0.225 e. The molecule has 106 valence electrons. The Kier molecular flexibility index (Phi) is 5.57. The lowest BCUT2D eigenvalue weighted by Gasteiger charge is -2.11. The fourth-order valence-electron chi connectivity index (χ4n) is 1.73. The van der Waals surface area contributed by atoms with Gasteiger partial charge in [0.2, 0.25) is 11.8 Å². The molecule has 1 unspecified atom stereocenters. The number of hydrogen-bond donors (Lipinski definition) is 2. The van der Waals surface area contributed by atoms with Gasteiger partial charge in [-0.05, 0) is 37.3 Å². The molecule has 1 saturated carbocycles. The standard InChI is InChI=1S/C13H19N3O2.ClH/c1-8(14)10-6-11(16-13(7-10)18-2)15-12(17)5-9-3-4-9;/h6-9H,3-5,14H2,1-2H3,(H,15,16,17);1H. The summed E-state index contributed by atoms with van der Waals surface area (Å²) in [4.78, 5) is 15.9. The highest BCUT2D eigenvalue weighted by molar-refractivity contribution is 5.90. The van der Waals surface area contributed by atoms with E-state index in [1.807, 2.05) is 6.92 Å². The maximum absolute atomic E-state index is 11.7. The number of aromatic nitrogens is 1. The van der Waals surface area contributed by atoms with E-state index in [9.17, 15) is 4.79 Å². The molecule has 0 aromatic carbocycles. The third-order valence-corrected chi connectivity index (χ3v) is 3.00. The highest BCUT2D eigenvalue weighted by Gasteiger charge is 2.24. The minimum Gasteiger partial charge on any atom is -0.481 e. The summed E-state index contributed by atoms with van der Waals surface area (Å²) < 4.78 is 5.10. The van der Waals surface area contributed by atoms with Crippen LogP contribution in [0.2, 0.25) is 0 Å². The lowest BCUT2D eigenvalue weighted by Crippen LogP contribution is -2.14. The van der Waals surface area contributed by atoms with Gasteiger partial charge in [-0.1, -0.05) is 0 Å². The van der Waals surface area contributed by atoms with Gasteiger partial charge in [-0.15, -0.1) is 12.4 Å². The number of pyridine rings is 1. The number of methoxy groups -OCH3 is 1. The molecule has 0 radical (unpaired) electrons. The first kappa shape index (κ1) is 15.7. The highest BCUT2D eigenvalue weighted by Crippen LogP contribution is 2.32. The Morgan fingerprint density at radius 3 is 2.79 bits per heavy atom. The van der Waals surface area contributed by atoms with Gasteiger partial charge in [0.15, 0.2) is 0 Å². The normalized spacial score (nSPS) is 15.3. The topological polar surface area (TPSA) is 77.2 Å². The molecule has 1 atom stereocenters. The van der Waals surface area contributed by atoms with Crippen LogP contribution in [-0.2, 0) is 4.79 Å². The molecular weight excluding hydrogens is 266 g/mol. The van der Waals surface area contributed by atoms with Gasteiger partial charge in [-0.2, -0.15) is 4.98 Å². The molecule has 0 bridgehead atoms. The second kappa shape index (κ2) is 6.73. The van der Waals surface area contributed by atoms with E-state index in [-0.39, 0.29) is 24.4 Å². The molecule has 5 nitrogen and oxygen atoms in total. The molecule has 1 aromatic heterocycles. The van der Waals surface area contributed by atoms with Crippen LogP contribution < -0.4 is 15.8 Å². The van der Waals surface area contributed by atoms with Gasteiger partial charge in [0, 0.05) is 18.5 Å². The minimum atomic E-state index is -0.124. The van der Waals surface area contributed by atoms with Crippen molar-refractivity contribution in [3.63, 3.8) is 0 Å². The molecule has 1 amide bonds. The van der Waals surface area contributed by atoms with Crippen LogP contribution in [0, 0.1) is 5.92 Å². The number of nitrogens with one attached hydrogen (secondary N) is 1. The molecule has 0 aliphatic heterocycles. The first-order chi connectivity index (χ1) is 8.58. The Labute approximate surface area is 119 Å². The third-order valence-electron chi connectivity index (χ3n) is 3.00. The van der Waals surface area contributed by atoms with Crippen molar-refractivity contribution in [1.82, 2.24) is 4.98 Å². The zero-order valence-electron chi connectivity index (χ0n) is 11.2. The Bertz CT molecular complexity index is 448. The average Bonchev–Trinajstić information content (AvgIpc) is 3.12. The summed E-state index contributed by atoms with van der Waals surface area (Å²) in [5, 5.41) is 2.80. The van der Waals surface area contributed by atoms with Crippen LogP contribution in [0.5, 0.6) is 5.88 Å². The lowest BCUT2D eigenvalue weighted by atomic mass is 10.1. The van der Waals surface area contributed by atoms with Gasteiger partial charge in [-0.3, -0.25) is 4.79 Å². The van der Waals surface area contributed by atoms with Crippen molar-refractivity contribution in [2.45, 2.75) is 32.2 Å². The monoisotopic (exact) mass is 285 g/mol. The average molecular weight is 286 g/mol. The molecule has 1 heterocycles. The summed E-state index contributed by atoms with van der Waals surface area (Å²) in [6, 6.07) is 3.44. The minimum absolute atomic E-state index is 0. The molecule has 19 heavy (non-hydrogen) atoms. The quantitative estimate of drug-likeness (QED) is 0.870. The number of ether oxygens (including phenoxy) is 1. The number of hydrogen-bond acceptors (Lipinski definition) is 4. The van der Waals surface area contributed by atoms with E-state index in [1.54, 1.807) is 19.2 Å². The fraction of sp³-hybridized carbons (Fsp3) is 0.538. The summed E-state index contributed by atoms with van der Waals surface area (Å²) in [5.74, 6) is 1.54. The predicted octanol–water partition coefficient (Wildman–Crippen LogP) is 2.27. The summed E-state index contributed by atoms with van der Waals surface area (Å²) >= 11 is 0. The number of nitrogens with two attached hydrogens (primary N) is 1. The Balaban J connectivity index is 0.00000180. The van der Waals surface area contributed by atoms with Gasteiger partial charge in [0.05, 0.1) is 7.11 Å². The number of carbonyl (C=O) groups excluding carboxylic acids is 1. The number of halogens is 1. The second-order valence-electron chi connectivity index (χ2n) is 4.81. The predicted molar refractivity (Wildman–Crippen MR) is 76.6 cm³/mol. The maximum Gasteiger partial charge on any atom is 0.225 e. The van der Waals surface area contributed by atoms with E-state index >= 15 is 0 Å². The van der Waals surface area contributed by atoms with Crippen LogP contribution >= 0.6 is 12.4 Å².